The molecular weight excluding hydrogens is 326 g/mol. The lowest BCUT2D eigenvalue weighted by atomic mass is 10.1. The van der Waals surface area contributed by atoms with E-state index < -0.39 is 0 Å². The molecule has 5 nitrogen and oxygen atoms in total. The molecule has 0 amide bonds. The van der Waals surface area contributed by atoms with E-state index in [9.17, 15) is 5.11 Å². The third-order valence-electron chi connectivity index (χ3n) is 3.79. The Labute approximate surface area is 150 Å². The smallest absolute Gasteiger partial charge is 0.219 e. The first-order chi connectivity index (χ1) is 12.8. The summed E-state index contributed by atoms with van der Waals surface area (Å²) >= 11 is 0. The molecule has 4 rings (SSSR count). The molecule has 1 N–H and O–H groups in total. The van der Waals surface area contributed by atoms with Crippen LogP contribution < -0.4 is 4.74 Å². The van der Waals surface area contributed by atoms with Crippen molar-refractivity contribution in [2.45, 2.75) is 0 Å². The minimum Gasteiger partial charge on any atom is -0.507 e. The second-order valence-electron chi connectivity index (χ2n) is 5.58. The van der Waals surface area contributed by atoms with E-state index in [-0.39, 0.29) is 5.75 Å². The second-order valence-corrected chi connectivity index (χ2v) is 5.58. The van der Waals surface area contributed by atoms with E-state index in [2.05, 4.69) is 15.0 Å². The number of ether oxygens (including phenoxy) is 1. The van der Waals surface area contributed by atoms with Crippen molar-refractivity contribution in [2.24, 2.45) is 0 Å². The summed E-state index contributed by atoms with van der Waals surface area (Å²) in [7, 11) is 0. The minimum atomic E-state index is 0.150. The zero-order valence-corrected chi connectivity index (χ0v) is 13.8. The van der Waals surface area contributed by atoms with Crippen molar-refractivity contribution in [1.82, 2.24) is 15.0 Å². The monoisotopic (exact) mass is 341 g/mol. The van der Waals surface area contributed by atoms with Crippen LogP contribution in [0.5, 0.6) is 17.4 Å². The van der Waals surface area contributed by atoms with Crippen molar-refractivity contribution < 1.29 is 9.84 Å². The highest BCUT2D eigenvalue weighted by atomic mass is 16.5. The lowest BCUT2D eigenvalue weighted by Gasteiger charge is -2.08. The van der Waals surface area contributed by atoms with Gasteiger partial charge >= 0.3 is 0 Å². The summed E-state index contributed by atoms with van der Waals surface area (Å²) < 4.78 is 5.78. The second kappa shape index (κ2) is 7.03. The summed E-state index contributed by atoms with van der Waals surface area (Å²) in [6.45, 7) is 0. The zero-order valence-electron chi connectivity index (χ0n) is 13.8. The molecule has 0 radical (unpaired) electrons. The van der Waals surface area contributed by atoms with Gasteiger partial charge < -0.3 is 9.84 Å². The number of para-hydroxylation sites is 1. The molecule has 2 heterocycles. The molecule has 0 atom stereocenters. The van der Waals surface area contributed by atoms with Crippen LogP contribution in [0.1, 0.15) is 0 Å². The predicted molar refractivity (Wildman–Crippen MR) is 98.9 cm³/mol. The molecule has 0 unspecified atom stereocenters. The first-order valence-electron chi connectivity index (χ1n) is 8.10. The van der Waals surface area contributed by atoms with E-state index in [1.165, 1.54) is 0 Å². The topological polar surface area (TPSA) is 68.1 Å². The zero-order chi connectivity index (χ0) is 17.8. The quantitative estimate of drug-likeness (QED) is 0.582. The summed E-state index contributed by atoms with van der Waals surface area (Å²) in [6.07, 6.45) is 3.36. The van der Waals surface area contributed by atoms with Crippen molar-refractivity contribution in [1.29, 1.82) is 0 Å². The Morgan fingerprint density at radius 2 is 1.65 bits per heavy atom. The van der Waals surface area contributed by atoms with Gasteiger partial charge in [-0.25, -0.2) is 15.0 Å². The fourth-order valence-electron chi connectivity index (χ4n) is 2.56. The number of aromatic nitrogens is 3. The predicted octanol–water partition coefficient (Wildman–Crippen LogP) is 4.70. The summed E-state index contributed by atoms with van der Waals surface area (Å²) in [5, 5.41) is 10.0. The maximum atomic E-state index is 10.0. The van der Waals surface area contributed by atoms with Gasteiger partial charge in [-0.2, -0.15) is 0 Å². The summed E-state index contributed by atoms with van der Waals surface area (Å²) in [5.41, 5.74) is 2.22. The van der Waals surface area contributed by atoms with Crippen molar-refractivity contribution in [3.05, 3.63) is 85.2 Å². The number of pyridine rings is 1. The number of aromatic hydroxyl groups is 1. The maximum Gasteiger partial charge on any atom is 0.219 e. The number of benzene rings is 2. The van der Waals surface area contributed by atoms with Gasteiger partial charge in [0.15, 0.2) is 5.82 Å². The molecule has 0 spiro atoms. The van der Waals surface area contributed by atoms with Crippen LogP contribution in [0.4, 0.5) is 0 Å². The number of hydrogen-bond donors (Lipinski definition) is 1. The van der Waals surface area contributed by atoms with Crippen LogP contribution in [0.25, 0.3) is 22.6 Å². The van der Waals surface area contributed by atoms with E-state index in [1.807, 2.05) is 48.5 Å². The third kappa shape index (κ3) is 3.37. The van der Waals surface area contributed by atoms with Crippen LogP contribution in [-0.4, -0.2) is 20.1 Å². The van der Waals surface area contributed by atoms with Gasteiger partial charge in [0.25, 0.3) is 0 Å². The minimum absolute atomic E-state index is 0.150. The first kappa shape index (κ1) is 15.8. The average molecular weight is 341 g/mol. The summed E-state index contributed by atoms with van der Waals surface area (Å²) in [5.74, 6) is 1.82. The molecule has 2 aromatic heterocycles. The molecule has 0 aliphatic heterocycles. The summed E-state index contributed by atoms with van der Waals surface area (Å²) in [4.78, 5) is 13.0. The third-order valence-corrected chi connectivity index (χ3v) is 3.79. The Hall–Kier alpha value is -3.73. The van der Waals surface area contributed by atoms with Crippen LogP contribution in [0, 0.1) is 0 Å². The van der Waals surface area contributed by atoms with Gasteiger partial charge in [0.05, 0.1) is 11.3 Å². The standard InChI is InChI=1S/C21H15N3O2/c25-19-9-2-1-8-17(19)21-23-13-11-18(24-21)15-6-5-7-16(14-15)26-20-10-3-4-12-22-20/h1-14,25H. The van der Waals surface area contributed by atoms with E-state index >= 15 is 0 Å². The van der Waals surface area contributed by atoms with Gasteiger partial charge in [0.1, 0.15) is 11.5 Å². The Morgan fingerprint density at radius 3 is 2.50 bits per heavy atom. The van der Waals surface area contributed by atoms with Gasteiger partial charge in [-0.05, 0) is 36.4 Å². The molecule has 5 heteroatoms. The molecule has 4 aromatic rings. The molecular formula is C21H15N3O2. The highest BCUT2D eigenvalue weighted by Crippen LogP contribution is 2.29. The molecule has 0 saturated heterocycles. The highest BCUT2D eigenvalue weighted by molar-refractivity contribution is 5.67. The fraction of sp³-hybridized carbons (Fsp3) is 0. The molecule has 0 saturated carbocycles. The number of rotatable bonds is 4. The molecule has 126 valence electrons. The fourth-order valence-corrected chi connectivity index (χ4v) is 2.56. The van der Waals surface area contributed by atoms with E-state index in [1.54, 1.807) is 36.7 Å². The number of phenolic OH excluding ortho intramolecular Hbond substituents is 1. The first-order valence-corrected chi connectivity index (χ1v) is 8.10. The molecule has 0 fully saturated rings. The van der Waals surface area contributed by atoms with Gasteiger partial charge in [-0.15, -0.1) is 0 Å². The largest absolute Gasteiger partial charge is 0.507 e. The van der Waals surface area contributed by atoms with Crippen molar-refractivity contribution in [2.75, 3.05) is 0 Å². The Balaban J connectivity index is 1.67. The van der Waals surface area contributed by atoms with E-state index in [0.717, 1.165) is 11.3 Å². The molecule has 0 aliphatic rings. The molecule has 26 heavy (non-hydrogen) atoms. The normalized spacial score (nSPS) is 10.5. The van der Waals surface area contributed by atoms with Crippen molar-refractivity contribution >= 4 is 0 Å². The maximum absolute atomic E-state index is 10.0. The van der Waals surface area contributed by atoms with Crippen LogP contribution in [0.15, 0.2) is 85.2 Å². The lowest BCUT2D eigenvalue weighted by Crippen LogP contribution is -1.92. The lowest BCUT2D eigenvalue weighted by molar-refractivity contribution is 0.463. The number of hydrogen-bond acceptors (Lipinski definition) is 5. The number of nitrogens with zero attached hydrogens (tertiary/aromatic N) is 3. The van der Waals surface area contributed by atoms with Crippen molar-refractivity contribution in [3.8, 4) is 40.0 Å². The average Bonchev–Trinajstić information content (AvgIpc) is 2.69. The van der Waals surface area contributed by atoms with E-state index in [0.29, 0.717) is 23.0 Å². The summed E-state index contributed by atoms with van der Waals surface area (Å²) in [6, 6.07) is 21.9. The van der Waals surface area contributed by atoms with Crippen LogP contribution >= 0.6 is 0 Å². The Bertz CT molecular complexity index is 1040. The van der Waals surface area contributed by atoms with Crippen LogP contribution in [0.3, 0.4) is 0 Å². The molecule has 2 aromatic carbocycles. The Morgan fingerprint density at radius 1 is 0.769 bits per heavy atom. The van der Waals surface area contributed by atoms with Gasteiger partial charge in [0.2, 0.25) is 5.88 Å². The van der Waals surface area contributed by atoms with Crippen molar-refractivity contribution in [3.63, 3.8) is 0 Å². The number of phenols is 1. The van der Waals surface area contributed by atoms with Gasteiger partial charge in [0, 0.05) is 24.0 Å². The van der Waals surface area contributed by atoms with Crippen LogP contribution in [-0.2, 0) is 0 Å². The van der Waals surface area contributed by atoms with Gasteiger partial charge in [-0.3, -0.25) is 0 Å². The van der Waals surface area contributed by atoms with Gasteiger partial charge in [-0.1, -0.05) is 30.3 Å². The molecule has 0 bridgehead atoms. The SMILES string of the molecule is Oc1ccccc1-c1nccc(-c2cccc(Oc3ccccn3)c2)n1. The van der Waals surface area contributed by atoms with E-state index in [4.69, 9.17) is 4.74 Å². The highest BCUT2D eigenvalue weighted by Gasteiger charge is 2.09. The molecule has 0 aliphatic carbocycles. The van der Waals surface area contributed by atoms with Crippen LogP contribution in [0.2, 0.25) is 0 Å². The Kier molecular flexibility index (Phi) is 4.26.